The Bertz CT molecular complexity index is 1130. The lowest BCUT2D eigenvalue weighted by molar-refractivity contribution is -0.136. The summed E-state index contributed by atoms with van der Waals surface area (Å²) < 4.78 is 22.3. The van der Waals surface area contributed by atoms with Crippen molar-refractivity contribution in [3.8, 4) is 11.5 Å². The number of hydrogen-bond donors (Lipinski definition) is 1. The first-order valence-corrected chi connectivity index (χ1v) is 8.76. The minimum Gasteiger partial charge on any atom is -0.493 e. The van der Waals surface area contributed by atoms with Crippen LogP contribution in [-0.4, -0.2) is 53.3 Å². The van der Waals surface area contributed by atoms with Crippen LogP contribution in [0.1, 0.15) is 22.2 Å². The molecule has 1 atom stereocenters. The fourth-order valence-corrected chi connectivity index (χ4v) is 3.23. The number of carbonyl (C=O) groups is 2. The summed E-state index contributed by atoms with van der Waals surface area (Å²) in [5.74, 6) is 0.153. The monoisotopic (exact) mass is 411 g/mol. The van der Waals surface area contributed by atoms with Crippen molar-refractivity contribution in [2.75, 3.05) is 26.6 Å². The van der Waals surface area contributed by atoms with Crippen LogP contribution in [0.3, 0.4) is 0 Å². The first-order valence-electron chi connectivity index (χ1n) is 8.76. The Balaban J connectivity index is 1.91. The number of benzene rings is 1. The van der Waals surface area contributed by atoms with Gasteiger partial charge in [0.25, 0.3) is 0 Å². The van der Waals surface area contributed by atoms with Gasteiger partial charge in [-0.05, 0) is 40.8 Å². The number of anilines is 1. The molecule has 0 saturated heterocycles. The zero-order valence-corrected chi connectivity index (χ0v) is 16.3. The van der Waals surface area contributed by atoms with E-state index in [1.165, 1.54) is 38.3 Å². The van der Waals surface area contributed by atoms with Crippen LogP contribution in [0.25, 0.3) is 0 Å². The van der Waals surface area contributed by atoms with Crippen LogP contribution in [0.2, 0.25) is 0 Å². The maximum Gasteiger partial charge on any atom is 0.355 e. The second-order valence-electron chi connectivity index (χ2n) is 6.17. The van der Waals surface area contributed by atoms with Gasteiger partial charge in [-0.15, -0.1) is 0 Å². The molecule has 0 saturated carbocycles. The van der Waals surface area contributed by atoms with Gasteiger partial charge in [-0.25, -0.2) is 4.79 Å². The number of fused-ring (bicyclic) bond motifs is 1. The molecule has 0 spiro atoms. The number of Topliss-reactive ketones (excluding diaryl/α,β-unsaturated/α-hetero) is 1. The molecule has 154 valence electrons. The lowest BCUT2D eigenvalue weighted by Gasteiger charge is -2.26. The van der Waals surface area contributed by atoms with Crippen LogP contribution >= 0.6 is 0 Å². The van der Waals surface area contributed by atoms with E-state index in [-0.39, 0.29) is 22.8 Å². The molecule has 3 heterocycles. The van der Waals surface area contributed by atoms with Gasteiger partial charge in [-0.2, -0.15) is 4.68 Å². The van der Waals surface area contributed by atoms with Gasteiger partial charge < -0.3 is 23.9 Å². The summed E-state index contributed by atoms with van der Waals surface area (Å²) in [6.07, 6.45) is 1.46. The molecule has 4 rings (SSSR count). The number of carbonyl (C=O) groups excluding carboxylic acids is 2. The number of ketones is 1. The molecule has 1 aliphatic rings. The van der Waals surface area contributed by atoms with E-state index in [0.29, 0.717) is 17.3 Å². The number of aromatic nitrogens is 4. The Morgan fingerprint density at radius 3 is 2.60 bits per heavy atom. The molecule has 0 bridgehead atoms. The maximum atomic E-state index is 13.6. The number of nitrogens with zero attached hydrogens (tertiary/aromatic N) is 4. The second kappa shape index (κ2) is 7.70. The van der Waals surface area contributed by atoms with E-state index in [0.717, 1.165) is 0 Å². The number of tetrazole rings is 1. The summed E-state index contributed by atoms with van der Waals surface area (Å²) in [7, 11) is 4.18. The lowest BCUT2D eigenvalue weighted by Crippen LogP contribution is -2.32. The number of furan rings is 1. The summed E-state index contributed by atoms with van der Waals surface area (Å²) in [6, 6.07) is 7.14. The highest BCUT2D eigenvalue weighted by molar-refractivity contribution is 6.15. The number of esters is 1. The van der Waals surface area contributed by atoms with Crippen LogP contribution in [0.5, 0.6) is 11.5 Å². The van der Waals surface area contributed by atoms with Crippen molar-refractivity contribution in [1.29, 1.82) is 0 Å². The molecule has 1 N–H and O–H groups in total. The standard InChI is InChI=1S/C19H17N5O6/c1-27-11-7-6-10(9-13(11)28-2)17(25)14-15(18(26)29-3)20-19-21-22-23-24(19)16(14)12-5-4-8-30-12/h4-9,16H,1-3H3,(H,20,21,23). The summed E-state index contributed by atoms with van der Waals surface area (Å²) in [5, 5.41) is 14.2. The third-order valence-corrected chi connectivity index (χ3v) is 4.61. The fourth-order valence-electron chi connectivity index (χ4n) is 3.23. The summed E-state index contributed by atoms with van der Waals surface area (Å²) in [5.41, 5.74) is 0.240. The third kappa shape index (κ3) is 3.05. The van der Waals surface area contributed by atoms with Crippen molar-refractivity contribution in [2.24, 2.45) is 0 Å². The third-order valence-electron chi connectivity index (χ3n) is 4.61. The zero-order valence-electron chi connectivity index (χ0n) is 16.3. The van der Waals surface area contributed by atoms with E-state index in [4.69, 9.17) is 18.6 Å². The highest BCUT2D eigenvalue weighted by Crippen LogP contribution is 2.38. The molecule has 3 aromatic rings. The average Bonchev–Trinajstić information content (AvgIpc) is 3.48. The van der Waals surface area contributed by atoms with E-state index in [1.807, 2.05) is 0 Å². The van der Waals surface area contributed by atoms with Gasteiger partial charge in [0.05, 0.1) is 33.2 Å². The highest BCUT2D eigenvalue weighted by Gasteiger charge is 2.40. The van der Waals surface area contributed by atoms with E-state index in [1.54, 1.807) is 24.3 Å². The van der Waals surface area contributed by atoms with E-state index >= 15 is 0 Å². The number of hydrogen-bond acceptors (Lipinski definition) is 10. The van der Waals surface area contributed by atoms with Crippen molar-refractivity contribution in [3.05, 3.63) is 59.2 Å². The van der Waals surface area contributed by atoms with Crippen molar-refractivity contribution in [1.82, 2.24) is 20.2 Å². The quantitative estimate of drug-likeness (QED) is 0.471. The summed E-state index contributed by atoms with van der Waals surface area (Å²) in [4.78, 5) is 26.1. The lowest BCUT2D eigenvalue weighted by atomic mass is 9.92. The Kier molecular flexibility index (Phi) is 4.92. The van der Waals surface area contributed by atoms with Crippen LogP contribution in [0, 0.1) is 0 Å². The van der Waals surface area contributed by atoms with Crippen LogP contribution in [-0.2, 0) is 9.53 Å². The number of allylic oxidation sites excluding steroid dienone is 1. The van der Waals surface area contributed by atoms with E-state index in [2.05, 4.69) is 20.8 Å². The minimum absolute atomic E-state index is 0.0591. The molecular formula is C19H17N5O6. The first-order chi connectivity index (χ1) is 14.6. The molecule has 2 aromatic heterocycles. The molecule has 0 radical (unpaired) electrons. The molecule has 11 heteroatoms. The van der Waals surface area contributed by atoms with Crippen molar-refractivity contribution in [3.63, 3.8) is 0 Å². The smallest absolute Gasteiger partial charge is 0.355 e. The highest BCUT2D eigenvalue weighted by atomic mass is 16.5. The first kappa shape index (κ1) is 19.2. The number of nitrogens with one attached hydrogen (secondary N) is 1. The number of methoxy groups -OCH3 is 3. The topological polar surface area (TPSA) is 131 Å². The largest absolute Gasteiger partial charge is 0.493 e. The van der Waals surface area contributed by atoms with Gasteiger partial charge in [0.15, 0.2) is 17.3 Å². The van der Waals surface area contributed by atoms with E-state index in [9.17, 15) is 9.59 Å². The fraction of sp³-hybridized carbons (Fsp3) is 0.211. The van der Waals surface area contributed by atoms with Gasteiger partial charge in [-0.3, -0.25) is 4.79 Å². The second-order valence-corrected chi connectivity index (χ2v) is 6.17. The molecule has 1 aliphatic heterocycles. The van der Waals surface area contributed by atoms with Crippen molar-refractivity contribution < 1.29 is 28.2 Å². The number of rotatable bonds is 6. The van der Waals surface area contributed by atoms with Crippen LogP contribution < -0.4 is 14.8 Å². The Morgan fingerprint density at radius 2 is 1.93 bits per heavy atom. The molecule has 30 heavy (non-hydrogen) atoms. The summed E-state index contributed by atoms with van der Waals surface area (Å²) >= 11 is 0. The van der Waals surface area contributed by atoms with Crippen LogP contribution in [0.4, 0.5) is 5.95 Å². The molecule has 0 fully saturated rings. The molecule has 11 nitrogen and oxygen atoms in total. The van der Waals surface area contributed by atoms with Gasteiger partial charge in [0.2, 0.25) is 5.95 Å². The van der Waals surface area contributed by atoms with Gasteiger partial charge >= 0.3 is 5.97 Å². The molecular weight excluding hydrogens is 394 g/mol. The van der Waals surface area contributed by atoms with Crippen LogP contribution in [0.15, 0.2) is 52.3 Å². The van der Waals surface area contributed by atoms with Crippen molar-refractivity contribution >= 4 is 17.7 Å². The maximum absolute atomic E-state index is 13.6. The zero-order chi connectivity index (χ0) is 21.3. The predicted molar refractivity (Wildman–Crippen MR) is 101 cm³/mol. The molecule has 0 aliphatic carbocycles. The van der Waals surface area contributed by atoms with Gasteiger partial charge in [-0.1, -0.05) is 5.10 Å². The number of ether oxygens (including phenoxy) is 3. The van der Waals surface area contributed by atoms with Crippen molar-refractivity contribution in [2.45, 2.75) is 6.04 Å². The normalized spacial score (nSPS) is 15.2. The molecule has 1 unspecified atom stereocenters. The Hall–Kier alpha value is -4.15. The Labute approximate surface area is 170 Å². The Morgan fingerprint density at radius 1 is 1.13 bits per heavy atom. The SMILES string of the molecule is COC(=O)C1=C(C(=O)c2ccc(OC)c(OC)c2)C(c2ccco2)n2nnnc2N1. The van der Waals surface area contributed by atoms with E-state index < -0.39 is 17.8 Å². The average molecular weight is 411 g/mol. The predicted octanol–water partition coefficient (Wildman–Crippen LogP) is 1.61. The minimum atomic E-state index is -0.888. The van der Waals surface area contributed by atoms with Gasteiger partial charge in [0.1, 0.15) is 17.5 Å². The molecule has 0 amide bonds. The van der Waals surface area contributed by atoms with Gasteiger partial charge in [0, 0.05) is 5.56 Å². The molecule has 1 aromatic carbocycles. The summed E-state index contributed by atoms with van der Waals surface area (Å²) in [6.45, 7) is 0.